The number of halogens is 4. The number of pyridine rings is 1. The van der Waals surface area contributed by atoms with Gasteiger partial charge in [0.05, 0.1) is 12.2 Å². The van der Waals surface area contributed by atoms with Crippen LogP contribution in [0.1, 0.15) is 48.8 Å². The quantitative estimate of drug-likeness (QED) is 0.482. The summed E-state index contributed by atoms with van der Waals surface area (Å²) in [5.74, 6) is 2.16. The molecule has 0 radical (unpaired) electrons. The van der Waals surface area contributed by atoms with Crippen molar-refractivity contribution in [3.05, 3.63) is 58.8 Å². The first-order valence-electron chi connectivity index (χ1n) is 12.2. The van der Waals surface area contributed by atoms with Crippen LogP contribution >= 0.6 is 11.6 Å². The minimum absolute atomic E-state index is 0.0533. The molecule has 2 aliphatic carbocycles. The lowest BCUT2D eigenvalue weighted by atomic mass is 9.57. The summed E-state index contributed by atoms with van der Waals surface area (Å²) in [5.41, 5.74) is 2.33. The van der Waals surface area contributed by atoms with Gasteiger partial charge in [-0.05, 0) is 61.6 Å². The molecule has 1 aromatic carbocycles. The summed E-state index contributed by atoms with van der Waals surface area (Å²) in [4.78, 5) is 8.50. The van der Waals surface area contributed by atoms with Gasteiger partial charge >= 0.3 is 6.36 Å². The third-order valence-electron chi connectivity index (χ3n) is 7.87. The minimum atomic E-state index is -4.75. The van der Waals surface area contributed by atoms with Crippen LogP contribution in [-0.2, 0) is 13.1 Å². The maximum atomic E-state index is 12.8. The van der Waals surface area contributed by atoms with E-state index in [2.05, 4.69) is 35.5 Å². The number of anilines is 1. The zero-order valence-corrected chi connectivity index (χ0v) is 20.1. The molecule has 11 heteroatoms. The Morgan fingerprint density at radius 1 is 1.06 bits per heavy atom. The van der Waals surface area contributed by atoms with Crippen LogP contribution in [0, 0.1) is 5.41 Å². The predicted octanol–water partition coefficient (Wildman–Crippen LogP) is 5.08. The molecule has 2 aliphatic heterocycles. The van der Waals surface area contributed by atoms with Crippen LogP contribution in [-0.4, -0.2) is 50.1 Å². The maximum Gasteiger partial charge on any atom is 0.573 e. The molecule has 188 valence electrons. The fraction of sp³-hybridized carbons (Fsp3) is 0.480. The first-order valence-corrected chi connectivity index (χ1v) is 12.6. The minimum Gasteiger partial charge on any atom is -0.402 e. The van der Waals surface area contributed by atoms with Gasteiger partial charge in [0.15, 0.2) is 17.4 Å². The monoisotopic (exact) mass is 516 g/mol. The highest BCUT2D eigenvalue weighted by Gasteiger charge is 2.55. The molecule has 0 N–H and O–H groups in total. The Balaban J connectivity index is 1.11. The van der Waals surface area contributed by atoms with Crippen LogP contribution in [0.15, 0.2) is 36.5 Å². The molecule has 0 amide bonds. The smallest absolute Gasteiger partial charge is 0.402 e. The molecule has 0 bridgehead atoms. The molecule has 3 aromatic rings. The fourth-order valence-electron chi connectivity index (χ4n) is 6.18. The van der Waals surface area contributed by atoms with E-state index in [1.807, 2.05) is 17.0 Å². The van der Waals surface area contributed by atoms with Crippen molar-refractivity contribution in [3.63, 3.8) is 0 Å². The van der Waals surface area contributed by atoms with Crippen LogP contribution < -0.4 is 9.64 Å². The van der Waals surface area contributed by atoms with Crippen LogP contribution in [0.2, 0.25) is 5.02 Å². The van der Waals surface area contributed by atoms with E-state index >= 15 is 0 Å². The van der Waals surface area contributed by atoms with E-state index in [9.17, 15) is 13.2 Å². The number of benzene rings is 1. The van der Waals surface area contributed by atoms with Gasteiger partial charge in [0.25, 0.3) is 0 Å². The van der Waals surface area contributed by atoms with Crippen molar-refractivity contribution < 1.29 is 17.9 Å². The number of ether oxygens (including phenoxy) is 1. The molecule has 2 aromatic heterocycles. The van der Waals surface area contributed by atoms with Crippen molar-refractivity contribution in [2.75, 3.05) is 18.0 Å². The van der Waals surface area contributed by atoms with Crippen molar-refractivity contribution in [1.82, 2.24) is 24.6 Å². The molecule has 2 saturated carbocycles. The van der Waals surface area contributed by atoms with Crippen LogP contribution in [0.4, 0.5) is 19.0 Å². The first-order chi connectivity index (χ1) is 17.3. The number of fused-ring (bicyclic) bond motifs is 3. The Labute approximate surface area is 210 Å². The number of alkyl halides is 3. The first kappa shape index (κ1) is 22.4. The summed E-state index contributed by atoms with van der Waals surface area (Å²) in [7, 11) is 0. The average Bonchev–Trinajstić information content (AvgIpc) is 3.55. The van der Waals surface area contributed by atoms with Gasteiger partial charge in [-0.2, -0.15) is 0 Å². The average molecular weight is 517 g/mol. The van der Waals surface area contributed by atoms with Gasteiger partial charge in [-0.3, -0.25) is 9.47 Å². The normalized spacial score (nSPS) is 21.4. The van der Waals surface area contributed by atoms with Crippen molar-refractivity contribution in [1.29, 1.82) is 0 Å². The number of rotatable bonds is 4. The lowest BCUT2D eigenvalue weighted by Gasteiger charge is -2.59. The van der Waals surface area contributed by atoms with Crippen molar-refractivity contribution in [3.8, 4) is 11.4 Å². The van der Waals surface area contributed by atoms with E-state index in [4.69, 9.17) is 11.6 Å². The number of nitrogens with zero attached hydrogens (tertiary/aromatic N) is 6. The molecular formula is C25H24ClF3N6O. The Kier molecular flexibility index (Phi) is 4.86. The maximum absolute atomic E-state index is 12.8. The van der Waals surface area contributed by atoms with E-state index in [1.54, 1.807) is 0 Å². The number of hydrogen-bond donors (Lipinski definition) is 0. The highest BCUT2D eigenvalue weighted by molar-refractivity contribution is 6.30. The van der Waals surface area contributed by atoms with E-state index in [1.165, 1.54) is 36.7 Å². The predicted molar refractivity (Wildman–Crippen MR) is 126 cm³/mol. The van der Waals surface area contributed by atoms with E-state index in [-0.39, 0.29) is 22.9 Å². The molecule has 3 fully saturated rings. The lowest BCUT2D eigenvalue weighted by molar-refractivity contribution is -0.274. The van der Waals surface area contributed by atoms with Gasteiger partial charge in [-0.15, -0.1) is 23.4 Å². The summed E-state index contributed by atoms with van der Waals surface area (Å²) in [6, 6.07) is 9.38. The standard InChI is InChI=1S/C25H24ClF3N6O/c26-17-3-6-19-15(8-17)11-33(18-4-5-18)12-21-31-32-22(35(19)21)16-9-24(10-16)13-34(14-24)23-20(2-1-7-30-23)36-25(27,28)29/h1-3,6-8,16,18H,4-5,9-14H2. The van der Waals surface area contributed by atoms with Crippen LogP contribution in [0.3, 0.4) is 0 Å². The molecule has 7 nitrogen and oxygen atoms in total. The second kappa shape index (κ2) is 7.82. The topological polar surface area (TPSA) is 59.3 Å². The zero-order valence-electron chi connectivity index (χ0n) is 19.4. The van der Waals surface area contributed by atoms with Gasteiger partial charge < -0.3 is 9.64 Å². The number of hydrogen-bond acceptors (Lipinski definition) is 6. The molecule has 4 heterocycles. The highest BCUT2D eigenvalue weighted by Crippen LogP contribution is 2.57. The second-order valence-electron chi connectivity index (χ2n) is 10.6. The summed E-state index contributed by atoms with van der Waals surface area (Å²) in [6.07, 6.45) is 1.00. The van der Waals surface area contributed by atoms with Crippen molar-refractivity contribution in [2.45, 2.75) is 57.1 Å². The molecule has 36 heavy (non-hydrogen) atoms. The second-order valence-corrected chi connectivity index (χ2v) is 11.0. The van der Waals surface area contributed by atoms with Gasteiger partial charge in [0.1, 0.15) is 5.82 Å². The van der Waals surface area contributed by atoms with Gasteiger partial charge in [-0.25, -0.2) is 4.98 Å². The van der Waals surface area contributed by atoms with Gasteiger partial charge in [0.2, 0.25) is 0 Å². The molecule has 7 rings (SSSR count). The Hall–Kier alpha value is -2.85. The molecule has 1 spiro atoms. The number of aromatic nitrogens is 4. The van der Waals surface area contributed by atoms with E-state index in [0.29, 0.717) is 19.1 Å². The Morgan fingerprint density at radius 2 is 1.86 bits per heavy atom. The summed E-state index contributed by atoms with van der Waals surface area (Å²) in [6.45, 7) is 2.91. The highest BCUT2D eigenvalue weighted by atomic mass is 35.5. The fourth-order valence-corrected chi connectivity index (χ4v) is 6.37. The summed E-state index contributed by atoms with van der Waals surface area (Å²) in [5, 5.41) is 9.96. The molecule has 4 aliphatic rings. The largest absolute Gasteiger partial charge is 0.573 e. The van der Waals surface area contributed by atoms with Crippen LogP contribution in [0.25, 0.3) is 5.69 Å². The third-order valence-corrected chi connectivity index (χ3v) is 8.11. The van der Waals surface area contributed by atoms with Crippen LogP contribution in [0.5, 0.6) is 5.75 Å². The zero-order chi connectivity index (χ0) is 24.7. The summed E-state index contributed by atoms with van der Waals surface area (Å²) < 4.78 is 44.9. The summed E-state index contributed by atoms with van der Waals surface area (Å²) >= 11 is 6.35. The molecular weight excluding hydrogens is 493 g/mol. The van der Waals surface area contributed by atoms with Gasteiger partial charge in [0, 0.05) is 48.2 Å². The van der Waals surface area contributed by atoms with Crippen molar-refractivity contribution in [2.24, 2.45) is 5.41 Å². The molecule has 0 atom stereocenters. The SMILES string of the molecule is FC(F)(F)Oc1cccnc1N1CC2(CC(c3nnc4n3-c3ccc(Cl)cc3CN(C3CC3)C4)C2)C1. The molecule has 0 unspecified atom stereocenters. The Bertz CT molecular complexity index is 1330. The Morgan fingerprint density at radius 3 is 2.61 bits per heavy atom. The van der Waals surface area contributed by atoms with Gasteiger partial charge in [-0.1, -0.05) is 11.6 Å². The van der Waals surface area contributed by atoms with E-state index < -0.39 is 6.36 Å². The third kappa shape index (κ3) is 3.82. The lowest BCUT2D eigenvalue weighted by Crippen LogP contribution is -2.62. The molecule has 1 saturated heterocycles. The van der Waals surface area contributed by atoms with Crippen molar-refractivity contribution >= 4 is 17.4 Å². The van der Waals surface area contributed by atoms with E-state index in [0.717, 1.165) is 48.3 Å².